The van der Waals surface area contributed by atoms with E-state index in [1.807, 2.05) is 29.6 Å². The van der Waals surface area contributed by atoms with Gasteiger partial charge in [-0.25, -0.2) is 14.3 Å². The number of rotatable bonds is 8. The highest BCUT2D eigenvalue weighted by Crippen LogP contribution is 2.26. The van der Waals surface area contributed by atoms with Crippen LogP contribution in [0.25, 0.3) is 11.2 Å². The molecule has 1 atom stereocenters. The lowest BCUT2D eigenvalue weighted by Gasteiger charge is -2.19. The fraction of sp³-hybridized carbons (Fsp3) is 0.333. The Labute approximate surface area is 195 Å². The summed E-state index contributed by atoms with van der Waals surface area (Å²) in [5.41, 5.74) is 1.68. The van der Waals surface area contributed by atoms with Gasteiger partial charge in [0.15, 0.2) is 11.2 Å². The predicted octanol–water partition coefficient (Wildman–Crippen LogP) is 2.74. The molecular weight excluding hydrogens is 438 g/mol. The SMILES string of the molecule is CCCCc1ccc(C(NC(=O)Cn2c(=O)c3c(ncn3C)n(C)c2=O)c2cccs2)cc1. The second-order valence-electron chi connectivity index (χ2n) is 8.12. The molecule has 4 aromatic rings. The van der Waals surface area contributed by atoms with Gasteiger partial charge in [0.1, 0.15) is 6.54 Å². The second-order valence-corrected chi connectivity index (χ2v) is 9.10. The van der Waals surface area contributed by atoms with Gasteiger partial charge in [-0.15, -0.1) is 11.3 Å². The van der Waals surface area contributed by atoms with Gasteiger partial charge in [-0.2, -0.15) is 0 Å². The Balaban J connectivity index is 1.62. The number of aryl methyl sites for hydroxylation is 3. The van der Waals surface area contributed by atoms with Crippen LogP contribution in [0.3, 0.4) is 0 Å². The molecule has 0 radical (unpaired) electrons. The summed E-state index contributed by atoms with van der Waals surface area (Å²) >= 11 is 1.55. The molecule has 0 saturated heterocycles. The average molecular weight is 466 g/mol. The zero-order chi connectivity index (χ0) is 23.5. The van der Waals surface area contributed by atoms with Crippen molar-refractivity contribution in [1.82, 2.24) is 24.0 Å². The lowest BCUT2D eigenvalue weighted by atomic mass is 10.0. The van der Waals surface area contributed by atoms with E-state index >= 15 is 0 Å². The second kappa shape index (κ2) is 9.58. The number of fused-ring (bicyclic) bond motifs is 1. The topological polar surface area (TPSA) is 90.9 Å². The zero-order valence-electron chi connectivity index (χ0n) is 18.9. The summed E-state index contributed by atoms with van der Waals surface area (Å²) in [5, 5.41) is 4.98. The first-order valence-corrected chi connectivity index (χ1v) is 11.8. The number of unbranched alkanes of at least 4 members (excludes halogenated alkanes) is 1. The fourth-order valence-electron chi connectivity index (χ4n) is 3.92. The Morgan fingerprint density at radius 1 is 1.15 bits per heavy atom. The number of carbonyl (C=O) groups is 1. The van der Waals surface area contributed by atoms with Crippen molar-refractivity contribution in [2.24, 2.45) is 14.1 Å². The molecule has 1 unspecified atom stereocenters. The van der Waals surface area contributed by atoms with Crippen molar-refractivity contribution >= 4 is 28.4 Å². The first kappa shape index (κ1) is 22.7. The molecule has 1 amide bonds. The Hall–Kier alpha value is -3.46. The molecule has 0 aliphatic carbocycles. The number of nitrogens with zero attached hydrogens (tertiary/aromatic N) is 4. The molecule has 1 aromatic carbocycles. The quantitative estimate of drug-likeness (QED) is 0.433. The molecule has 0 fully saturated rings. The number of nitrogens with one attached hydrogen (secondary N) is 1. The Kier molecular flexibility index (Phi) is 6.60. The van der Waals surface area contributed by atoms with Crippen LogP contribution in [-0.2, 0) is 31.9 Å². The Morgan fingerprint density at radius 2 is 1.91 bits per heavy atom. The van der Waals surface area contributed by atoms with Crippen molar-refractivity contribution < 1.29 is 4.79 Å². The molecular formula is C24H27N5O3S. The Morgan fingerprint density at radius 3 is 2.58 bits per heavy atom. The van der Waals surface area contributed by atoms with Crippen LogP contribution < -0.4 is 16.6 Å². The molecule has 3 heterocycles. The monoisotopic (exact) mass is 465 g/mol. The molecule has 172 valence electrons. The summed E-state index contributed by atoms with van der Waals surface area (Å²) in [6.07, 6.45) is 4.77. The van der Waals surface area contributed by atoms with E-state index in [4.69, 9.17) is 0 Å². The summed E-state index contributed by atoms with van der Waals surface area (Å²) < 4.78 is 3.80. The third-order valence-electron chi connectivity index (χ3n) is 5.77. The minimum Gasteiger partial charge on any atom is -0.343 e. The van der Waals surface area contributed by atoms with E-state index < -0.39 is 17.2 Å². The van der Waals surface area contributed by atoms with E-state index in [2.05, 4.69) is 29.4 Å². The zero-order valence-corrected chi connectivity index (χ0v) is 19.8. The maximum atomic E-state index is 13.0. The van der Waals surface area contributed by atoms with Crippen LogP contribution >= 0.6 is 11.3 Å². The van der Waals surface area contributed by atoms with Gasteiger partial charge in [-0.3, -0.25) is 14.2 Å². The van der Waals surface area contributed by atoms with Crippen molar-refractivity contribution in [3.63, 3.8) is 0 Å². The third kappa shape index (κ3) is 4.54. The van der Waals surface area contributed by atoms with Gasteiger partial charge < -0.3 is 9.88 Å². The largest absolute Gasteiger partial charge is 0.343 e. The molecule has 0 aliphatic heterocycles. The van der Waals surface area contributed by atoms with Crippen molar-refractivity contribution in [3.8, 4) is 0 Å². The number of benzene rings is 1. The van der Waals surface area contributed by atoms with Gasteiger partial charge in [0.05, 0.1) is 12.4 Å². The molecule has 0 aliphatic rings. The van der Waals surface area contributed by atoms with Gasteiger partial charge >= 0.3 is 5.69 Å². The standard InChI is InChI=1S/C24H27N5O3S/c1-4-5-7-16-9-11-17(12-10-16)20(18-8-6-13-33-18)26-19(30)14-29-23(31)21-22(25-15-27(21)2)28(3)24(29)32/h6,8-13,15,20H,4-5,7,14H2,1-3H3,(H,26,30). The number of aromatic nitrogens is 4. The molecule has 3 aromatic heterocycles. The third-order valence-corrected chi connectivity index (χ3v) is 6.70. The van der Waals surface area contributed by atoms with Crippen molar-refractivity contribution in [3.05, 3.63) is 84.9 Å². The number of hydrogen-bond acceptors (Lipinski definition) is 5. The van der Waals surface area contributed by atoms with Crippen LogP contribution in [-0.4, -0.2) is 24.6 Å². The first-order chi connectivity index (χ1) is 15.9. The van der Waals surface area contributed by atoms with E-state index in [0.29, 0.717) is 5.65 Å². The molecule has 0 bridgehead atoms. The lowest BCUT2D eigenvalue weighted by molar-refractivity contribution is -0.122. The van der Waals surface area contributed by atoms with Crippen LogP contribution in [0, 0.1) is 0 Å². The van der Waals surface area contributed by atoms with E-state index in [9.17, 15) is 14.4 Å². The summed E-state index contributed by atoms with van der Waals surface area (Å²) in [4.78, 5) is 43.8. The van der Waals surface area contributed by atoms with Crippen molar-refractivity contribution in [2.75, 3.05) is 0 Å². The first-order valence-electron chi connectivity index (χ1n) is 10.9. The molecule has 9 heteroatoms. The van der Waals surface area contributed by atoms with Crippen LogP contribution in [0.2, 0.25) is 0 Å². The van der Waals surface area contributed by atoms with Gasteiger partial charge in [0, 0.05) is 19.0 Å². The van der Waals surface area contributed by atoms with Gasteiger partial charge in [0.2, 0.25) is 5.91 Å². The maximum absolute atomic E-state index is 13.0. The highest BCUT2D eigenvalue weighted by atomic mass is 32.1. The van der Waals surface area contributed by atoms with Crippen LogP contribution in [0.4, 0.5) is 0 Å². The van der Waals surface area contributed by atoms with E-state index in [1.54, 1.807) is 30.0 Å². The van der Waals surface area contributed by atoms with E-state index in [-0.39, 0.29) is 18.1 Å². The normalized spacial score (nSPS) is 12.2. The minimum absolute atomic E-state index is 0.280. The van der Waals surface area contributed by atoms with Crippen LogP contribution in [0.15, 0.2) is 57.7 Å². The summed E-state index contributed by atoms with van der Waals surface area (Å²) in [6.45, 7) is 1.80. The number of amides is 1. The predicted molar refractivity (Wildman–Crippen MR) is 130 cm³/mol. The number of thiophene rings is 1. The molecule has 4 rings (SSSR count). The minimum atomic E-state index is -0.575. The smallest absolute Gasteiger partial charge is 0.332 e. The van der Waals surface area contributed by atoms with E-state index in [1.165, 1.54) is 16.5 Å². The molecule has 1 N–H and O–H groups in total. The number of imidazole rings is 1. The van der Waals surface area contributed by atoms with Crippen LogP contribution in [0.5, 0.6) is 0 Å². The van der Waals surface area contributed by atoms with Crippen molar-refractivity contribution in [1.29, 1.82) is 0 Å². The highest BCUT2D eigenvalue weighted by molar-refractivity contribution is 7.10. The molecule has 33 heavy (non-hydrogen) atoms. The summed E-state index contributed by atoms with van der Waals surface area (Å²) in [6, 6.07) is 11.8. The lowest BCUT2D eigenvalue weighted by Crippen LogP contribution is -2.44. The average Bonchev–Trinajstić information content (AvgIpc) is 3.48. The summed E-state index contributed by atoms with van der Waals surface area (Å²) in [7, 11) is 3.22. The maximum Gasteiger partial charge on any atom is 0.332 e. The Bertz CT molecular complexity index is 1380. The van der Waals surface area contributed by atoms with Crippen molar-refractivity contribution in [2.45, 2.75) is 38.8 Å². The molecule has 0 spiro atoms. The molecule has 0 saturated carbocycles. The molecule has 8 nitrogen and oxygen atoms in total. The van der Waals surface area contributed by atoms with Gasteiger partial charge in [-0.05, 0) is 35.4 Å². The number of hydrogen-bond donors (Lipinski definition) is 1. The van der Waals surface area contributed by atoms with Crippen LogP contribution in [0.1, 0.15) is 41.8 Å². The summed E-state index contributed by atoms with van der Waals surface area (Å²) in [5.74, 6) is -0.413. The highest BCUT2D eigenvalue weighted by Gasteiger charge is 2.21. The fourth-order valence-corrected chi connectivity index (χ4v) is 4.72. The number of carbonyl (C=O) groups excluding carboxylic acids is 1. The van der Waals surface area contributed by atoms with E-state index in [0.717, 1.165) is 34.3 Å². The van der Waals surface area contributed by atoms with Gasteiger partial charge in [-0.1, -0.05) is 43.7 Å². The van der Waals surface area contributed by atoms with Gasteiger partial charge in [0.25, 0.3) is 5.56 Å².